The third-order valence-electron chi connectivity index (χ3n) is 4.78. The van der Waals surface area contributed by atoms with Crippen molar-refractivity contribution < 1.29 is 24.0 Å². The minimum Gasteiger partial charge on any atom is -0.461 e. The second-order valence-electron chi connectivity index (χ2n) is 6.97. The number of esters is 2. The maximum absolute atomic E-state index is 13.0. The number of likely N-dealkylation sites (N-methyl/N-ethyl adjacent to an activating group) is 2. The standard InChI is InChI=1S/C21H28N4O6/c1-13-17(20(26)30-10-8-22-3)19(15-6-5-7-16(12-15)25(28)29)18(14(2)24-13)21(27)31-11-9-23-4/h5-7,12,19,22-24H,8-11H2,1-4H3. The number of nitro groups is 1. The number of nitrogens with one attached hydrogen (secondary N) is 3. The Bertz CT molecular complexity index is 865. The Morgan fingerprint density at radius 2 is 1.55 bits per heavy atom. The van der Waals surface area contributed by atoms with Crippen LogP contribution in [0, 0.1) is 10.1 Å². The third kappa shape index (κ3) is 5.89. The van der Waals surface area contributed by atoms with Gasteiger partial charge in [0, 0.05) is 36.6 Å². The van der Waals surface area contributed by atoms with Crippen LogP contribution < -0.4 is 16.0 Å². The van der Waals surface area contributed by atoms with E-state index in [2.05, 4.69) is 16.0 Å². The van der Waals surface area contributed by atoms with Gasteiger partial charge >= 0.3 is 11.9 Å². The number of allylic oxidation sites excluding steroid dienone is 2. The fourth-order valence-electron chi connectivity index (χ4n) is 3.33. The van der Waals surface area contributed by atoms with Crippen molar-refractivity contribution in [3.05, 3.63) is 62.5 Å². The first kappa shape index (κ1) is 24.0. The van der Waals surface area contributed by atoms with Gasteiger partial charge in [0.2, 0.25) is 0 Å². The van der Waals surface area contributed by atoms with E-state index in [4.69, 9.17) is 9.47 Å². The van der Waals surface area contributed by atoms with Crippen molar-refractivity contribution in [2.24, 2.45) is 0 Å². The molecular formula is C21H28N4O6. The lowest BCUT2D eigenvalue weighted by atomic mass is 9.80. The van der Waals surface area contributed by atoms with E-state index in [0.29, 0.717) is 30.0 Å². The predicted molar refractivity (Wildman–Crippen MR) is 114 cm³/mol. The van der Waals surface area contributed by atoms with Crippen LogP contribution in [0.4, 0.5) is 5.69 Å². The van der Waals surface area contributed by atoms with E-state index in [9.17, 15) is 19.7 Å². The summed E-state index contributed by atoms with van der Waals surface area (Å²) in [6.07, 6.45) is 0. The van der Waals surface area contributed by atoms with E-state index < -0.39 is 22.8 Å². The van der Waals surface area contributed by atoms with Gasteiger partial charge in [0.1, 0.15) is 13.2 Å². The van der Waals surface area contributed by atoms with Crippen molar-refractivity contribution in [2.45, 2.75) is 19.8 Å². The van der Waals surface area contributed by atoms with Crippen molar-refractivity contribution in [3.8, 4) is 0 Å². The molecule has 168 valence electrons. The smallest absolute Gasteiger partial charge is 0.336 e. The number of carbonyl (C=O) groups is 2. The number of hydrogen-bond acceptors (Lipinski definition) is 9. The molecule has 0 spiro atoms. The number of ether oxygens (including phenoxy) is 2. The number of benzene rings is 1. The number of hydrogen-bond donors (Lipinski definition) is 3. The molecule has 0 fully saturated rings. The number of carbonyl (C=O) groups excluding carboxylic acids is 2. The zero-order valence-electron chi connectivity index (χ0n) is 18.1. The minimum absolute atomic E-state index is 0.137. The summed E-state index contributed by atoms with van der Waals surface area (Å²) in [6.45, 7) is 4.59. The lowest BCUT2D eigenvalue weighted by Gasteiger charge is -2.30. The zero-order chi connectivity index (χ0) is 23.0. The van der Waals surface area contributed by atoms with Crippen LogP contribution in [0.3, 0.4) is 0 Å². The largest absolute Gasteiger partial charge is 0.461 e. The summed E-state index contributed by atoms with van der Waals surface area (Å²) in [5.41, 5.74) is 1.73. The number of nitro benzene ring substituents is 1. The van der Waals surface area contributed by atoms with Gasteiger partial charge < -0.3 is 25.4 Å². The molecule has 0 aliphatic carbocycles. The van der Waals surface area contributed by atoms with Gasteiger partial charge in [-0.2, -0.15) is 0 Å². The first-order valence-corrected chi connectivity index (χ1v) is 9.88. The van der Waals surface area contributed by atoms with Crippen molar-refractivity contribution in [2.75, 3.05) is 40.4 Å². The van der Waals surface area contributed by atoms with Gasteiger partial charge in [0.15, 0.2) is 0 Å². The van der Waals surface area contributed by atoms with Gasteiger partial charge in [-0.05, 0) is 33.5 Å². The van der Waals surface area contributed by atoms with Crippen LogP contribution in [-0.2, 0) is 19.1 Å². The first-order valence-electron chi connectivity index (χ1n) is 9.88. The Morgan fingerprint density at radius 1 is 1.03 bits per heavy atom. The normalized spacial score (nSPS) is 14.3. The highest BCUT2D eigenvalue weighted by Crippen LogP contribution is 2.40. The van der Waals surface area contributed by atoms with Crippen LogP contribution in [0.5, 0.6) is 0 Å². The van der Waals surface area contributed by atoms with Gasteiger partial charge in [-0.15, -0.1) is 0 Å². The van der Waals surface area contributed by atoms with E-state index in [-0.39, 0.29) is 30.0 Å². The molecule has 0 amide bonds. The van der Waals surface area contributed by atoms with Crippen LogP contribution in [0.15, 0.2) is 46.8 Å². The predicted octanol–water partition coefficient (Wildman–Crippen LogP) is 1.35. The van der Waals surface area contributed by atoms with Crippen molar-refractivity contribution in [1.82, 2.24) is 16.0 Å². The SMILES string of the molecule is CNCCOC(=O)C1=C(C)NC(C)=C(C(=O)OCCNC)C1c1cccc([N+](=O)[O-])c1. The van der Waals surface area contributed by atoms with E-state index in [0.717, 1.165) is 0 Å². The topological polar surface area (TPSA) is 132 Å². The van der Waals surface area contributed by atoms with Crippen LogP contribution >= 0.6 is 0 Å². The van der Waals surface area contributed by atoms with Crippen LogP contribution in [0.25, 0.3) is 0 Å². The lowest BCUT2D eigenvalue weighted by molar-refractivity contribution is -0.384. The van der Waals surface area contributed by atoms with E-state index in [1.165, 1.54) is 18.2 Å². The molecule has 1 aromatic rings. The molecule has 1 aromatic carbocycles. The molecule has 10 heteroatoms. The molecule has 3 N–H and O–H groups in total. The first-order chi connectivity index (χ1) is 14.8. The highest BCUT2D eigenvalue weighted by Gasteiger charge is 2.38. The second-order valence-corrected chi connectivity index (χ2v) is 6.97. The maximum atomic E-state index is 13.0. The van der Waals surface area contributed by atoms with E-state index in [1.807, 2.05) is 0 Å². The fraction of sp³-hybridized carbons (Fsp3) is 0.429. The summed E-state index contributed by atoms with van der Waals surface area (Å²) >= 11 is 0. The van der Waals surface area contributed by atoms with Gasteiger partial charge in [-0.25, -0.2) is 9.59 Å². The molecule has 1 heterocycles. The Balaban J connectivity index is 2.54. The quantitative estimate of drug-likeness (QED) is 0.217. The number of dihydropyridines is 1. The summed E-state index contributed by atoms with van der Waals surface area (Å²) < 4.78 is 10.7. The third-order valence-corrected chi connectivity index (χ3v) is 4.78. The highest BCUT2D eigenvalue weighted by atomic mass is 16.6. The number of non-ortho nitro benzene ring substituents is 1. The average Bonchev–Trinajstić information content (AvgIpc) is 2.73. The number of nitrogens with zero attached hydrogens (tertiary/aromatic N) is 1. The van der Waals surface area contributed by atoms with Crippen molar-refractivity contribution in [3.63, 3.8) is 0 Å². The Morgan fingerprint density at radius 3 is 2.00 bits per heavy atom. The molecule has 2 rings (SSSR count). The van der Waals surface area contributed by atoms with E-state index >= 15 is 0 Å². The van der Waals surface area contributed by atoms with E-state index in [1.54, 1.807) is 34.0 Å². The molecule has 1 aliphatic rings. The van der Waals surface area contributed by atoms with Gasteiger partial charge in [0.05, 0.1) is 22.0 Å². The summed E-state index contributed by atoms with van der Waals surface area (Å²) in [5.74, 6) is -2.08. The van der Waals surface area contributed by atoms with Crippen molar-refractivity contribution in [1.29, 1.82) is 0 Å². The molecule has 0 saturated carbocycles. The molecule has 1 aliphatic heterocycles. The van der Waals surface area contributed by atoms with Crippen molar-refractivity contribution >= 4 is 17.6 Å². The molecule has 0 aromatic heterocycles. The lowest BCUT2D eigenvalue weighted by Crippen LogP contribution is -2.33. The molecule has 0 bridgehead atoms. The monoisotopic (exact) mass is 432 g/mol. The van der Waals surface area contributed by atoms with Gasteiger partial charge in [-0.1, -0.05) is 12.1 Å². The second kappa shape index (κ2) is 11.2. The highest BCUT2D eigenvalue weighted by molar-refractivity contribution is 6.00. The van der Waals surface area contributed by atoms with Crippen LogP contribution in [0.2, 0.25) is 0 Å². The van der Waals surface area contributed by atoms with Crippen LogP contribution in [-0.4, -0.2) is 57.3 Å². The molecule has 0 saturated heterocycles. The van der Waals surface area contributed by atoms with Gasteiger partial charge in [0.25, 0.3) is 5.69 Å². The molecule has 0 atom stereocenters. The average molecular weight is 432 g/mol. The summed E-state index contributed by atoms with van der Waals surface area (Å²) in [7, 11) is 3.47. The van der Waals surface area contributed by atoms with Gasteiger partial charge in [-0.3, -0.25) is 10.1 Å². The summed E-state index contributed by atoms with van der Waals surface area (Å²) in [5, 5.41) is 20.1. The molecule has 10 nitrogen and oxygen atoms in total. The zero-order valence-corrected chi connectivity index (χ0v) is 18.1. The minimum atomic E-state index is -0.870. The molecular weight excluding hydrogens is 404 g/mol. The Labute approximate surface area is 180 Å². The molecule has 0 radical (unpaired) electrons. The van der Waals surface area contributed by atoms with Crippen LogP contribution in [0.1, 0.15) is 25.3 Å². The maximum Gasteiger partial charge on any atom is 0.336 e. The Kier molecular flexibility index (Phi) is 8.71. The molecule has 0 unspecified atom stereocenters. The fourth-order valence-corrected chi connectivity index (χ4v) is 3.33. The summed E-state index contributed by atoms with van der Waals surface area (Å²) in [6, 6.07) is 5.88. The molecule has 31 heavy (non-hydrogen) atoms. The summed E-state index contributed by atoms with van der Waals surface area (Å²) in [4.78, 5) is 36.7. The number of rotatable bonds is 10. The Hall–Kier alpha value is -3.24.